The third-order valence-corrected chi connectivity index (χ3v) is 6.01. The van der Waals surface area contributed by atoms with Crippen molar-refractivity contribution in [3.63, 3.8) is 0 Å². The van der Waals surface area contributed by atoms with Crippen molar-refractivity contribution >= 4 is 0 Å². The zero-order valence-electron chi connectivity index (χ0n) is 12.5. The molecule has 2 saturated carbocycles. The van der Waals surface area contributed by atoms with Crippen molar-refractivity contribution in [2.24, 2.45) is 17.8 Å². The van der Waals surface area contributed by atoms with Gasteiger partial charge in [0, 0.05) is 23.9 Å². The molecule has 4 unspecified atom stereocenters. The number of hydrogen-bond donors (Lipinski definition) is 1. The van der Waals surface area contributed by atoms with Gasteiger partial charge in [0.05, 0.1) is 0 Å². The first kappa shape index (κ1) is 12.8. The molecule has 4 rings (SSSR count). The van der Waals surface area contributed by atoms with Crippen LogP contribution in [0.1, 0.15) is 56.2 Å². The van der Waals surface area contributed by atoms with E-state index in [2.05, 4.69) is 24.4 Å². The SMILES string of the molecule is CCNC(C1CCc2cccnc21)C1C2CCCCC21. The Bertz CT molecular complexity index is 472. The van der Waals surface area contributed by atoms with E-state index in [1.807, 2.05) is 6.20 Å². The molecule has 0 spiro atoms. The molecule has 1 aromatic heterocycles. The Balaban J connectivity index is 1.58. The van der Waals surface area contributed by atoms with Crippen LogP contribution in [0, 0.1) is 17.8 Å². The van der Waals surface area contributed by atoms with E-state index in [9.17, 15) is 0 Å². The van der Waals surface area contributed by atoms with Gasteiger partial charge < -0.3 is 5.32 Å². The lowest BCUT2D eigenvalue weighted by Crippen LogP contribution is -2.37. The average Bonchev–Trinajstić information content (AvgIpc) is 3.06. The largest absolute Gasteiger partial charge is 0.313 e. The number of pyridine rings is 1. The van der Waals surface area contributed by atoms with E-state index in [1.165, 1.54) is 49.8 Å². The summed E-state index contributed by atoms with van der Waals surface area (Å²) >= 11 is 0. The fourth-order valence-electron chi connectivity index (χ4n) is 5.16. The van der Waals surface area contributed by atoms with Crippen molar-refractivity contribution in [1.82, 2.24) is 10.3 Å². The second kappa shape index (κ2) is 5.14. The van der Waals surface area contributed by atoms with Gasteiger partial charge in [-0.3, -0.25) is 4.98 Å². The quantitative estimate of drug-likeness (QED) is 0.905. The van der Waals surface area contributed by atoms with Gasteiger partial charge in [0.15, 0.2) is 0 Å². The summed E-state index contributed by atoms with van der Waals surface area (Å²) in [5, 5.41) is 3.84. The van der Waals surface area contributed by atoms with Gasteiger partial charge in [-0.15, -0.1) is 0 Å². The summed E-state index contributed by atoms with van der Waals surface area (Å²) in [7, 11) is 0. The first-order valence-electron chi connectivity index (χ1n) is 8.57. The highest BCUT2D eigenvalue weighted by Crippen LogP contribution is 2.59. The summed E-state index contributed by atoms with van der Waals surface area (Å²) < 4.78 is 0. The molecule has 0 bridgehead atoms. The minimum atomic E-state index is 0.668. The first-order chi connectivity index (χ1) is 9.90. The highest BCUT2D eigenvalue weighted by atomic mass is 15.0. The maximum atomic E-state index is 4.73. The Kier molecular flexibility index (Phi) is 3.30. The number of aryl methyl sites for hydroxylation is 1. The molecule has 0 amide bonds. The summed E-state index contributed by atoms with van der Waals surface area (Å²) in [4.78, 5) is 4.73. The number of aromatic nitrogens is 1. The van der Waals surface area contributed by atoms with Gasteiger partial charge in [-0.1, -0.05) is 25.8 Å². The molecule has 0 saturated heterocycles. The number of likely N-dealkylation sites (N-methyl/N-ethyl adjacent to an activating group) is 1. The maximum Gasteiger partial charge on any atom is 0.0482 e. The molecule has 0 aliphatic heterocycles. The van der Waals surface area contributed by atoms with E-state index in [1.54, 1.807) is 0 Å². The molecule has 2 nitrogen and oxygen atoms in total. The second-order valence-corrected chi connectivity index (χ2v) is 6.97. The van der Waals surface area contributed by atoms with Crippen LogP contribution in [0.4, 0.5) is 0 Å². The van der Waals surface area contributed by atoms with Gasteiger partial charge in [-0.05, 0) is 61.6 Å². The highest BCUT2D eigenvalue weighted by molar-refractivity contribution is 5.31. The third kappa shape index (κ3) is 2.00. The Morgan fingerprint density at radius 2 is 2.05 bits per heavy atom. The number of nitrogens with one attached hydrogen (secondary N) is 1. The molecule has 1 N–H and O–H groups in total. The Hall–Kier alpha value is -0.890. The van der Waals surface area contributed by atoms with Crippen molar-refractivity contribution in [1.29, 1.82) is 0 Å². The predicted octanol–water partition coefficient (Wildman–Crippen LogP) is 3.53. The number of rotatable bonds is 4. The summed E-state index contributed by atoms with van der Waals surface area (Å²) in [6, 6.07) is 5.07. The van der Waals surface area contributed by atoms with E-state index >= 15 is 0 Å². The van der Waals surface area contributed by atoms with Gasteiger partial charge in [0.25, 0.3) is 0 Å². The summed E-state index contributed by atoms with van der Waals surface area (Å²) in [6.45, 7) is 3.35. The van der Waals surface area contributed by atoms with E-state index in [-0.39, 0.29) is 0 Å². The fourth-order valence-corrected chi connectivity index (χ4v) is 5.16. The van der Waals surface area contributed by atoms with E-state index in [0.717, 1.165) is 24.3 Å². The standard InChI is InChI=1S/C18H26N2/c1-2-19-18(16-13-7-3-4-8-14(13)16)15-10-9-12-6-5-11-20-17(12)15/h5-6,11,13-16,18-19H,2-4,7-10H2,1H3. The normalized spacial score (nSPS) is 36.2. The lowest BCUT2D eigenvalue weighted by atomic mass is 9.91. The van der Waals surface area contributed by atoms with Crippen LogP contribution in [0.25, 0.3) is 0 Å². The zero-order valence-corrected chi connectivity index (χ0v) is 12.5. The Morgan fingerprint density at radius 3 is 2.80 bits per heavy atom. The smallest absolute Gasteiger partial charge is 0.0482 e. The summed E-state index contributed by atoms with van der Waals surface area (Å²) in [6.07, 6.45) is 10.4. The van der Waals surface area contributed by atoms with E-state index in [0.29, 0.717) is 12.0 Å². The van der Waals surface area contributed by atoms with Crippen LogP contribution in [0.2, 0.25) is 0 Å². The summed E-state index contributed by atoms with van der Waals surface area (Å²) in [5.41, 5.74) is 2.91. The second-order valence-electron chi connectivity index (χ2n) is 6.97. The van der Waals surface area contributed by atoms with Gasteiger partial charge >= 0.3 is 0 Å². The molecule has 2 heteroatoms. The van der Waals surface area contributed by atoms with Crippen LogP contribution in [0.15, 0.2) is 18.3 Å². The number of hydrogen-bond acceptors (Lipinski definition) is 2. The average molecular weight is 270 g/mol. The van der Waals surface area contributed by atoms with E-state index in [4.69, 9.17) is 4.98 Å². The van der Waals surface area contributed by atoms with Gasteiger partial charge in [0.1, 0.15) is 0 Å². The molecule has 1 aromatic rings. The van der Waals surface area contributed by atoms with Gasteiger partial charge in [-0.2, -0.15) is 0 Å². The van der Waals surface area contributed by atoms with Crippen LogP contribution >= 0.6 is 0 Å². The van der Waals surface area contributed by atoms with Crippen molar-refractivity contribution in [2.75, 3.05) is 6.54 Å². The zero-order chi connectivity index (χ0) is 13.5. The Labute approximate surface area is 122 Å². The first-order valence-corrected chi connectivity index (χ1v) is 8.57. The number of nitrogens with zero attached hydrogens (tertiary/aromatic N) is 1. The maximum absolute atomic E-state index is 4.73. The predicted molar refractivity (Wildman–Crippen MR) is 81.7 cm³/mol. The highest BCUT2D eigenvalue weighted by Gasteiger charge is 2.56. The minimum absolute atomic E-state index is 0.668. The van der Waals surface area contributed by atoms with Crippen LogP contribution in [-0.4, -0.2) is 17.6 Å². The van der Waals surface area contributed by atoms with Gasteiger partial charge in [-0.25, -0.2) is 0 Å². The van der Waals surface area contributed by atoms with Crippen LogP contribution in [0.3, 0.4) is 0 Å². The lowest BCUT2D eigenvalue weighted by Gasteiger charge is -2.25. The topological polar surface area (TPSA) is 24.9 Å². The minimum Gasteiger partial charge on any atom is -0.313 e. The fraction of sp³-hybridized carbons (Fsp3) is 0.722. The molecule has 0 aromatic carbocycles. The molecule has 108 valence electrons. The summed E-state index contributed by atoms with van der Waals surface area (Å²) in [5.74, 6) is 3.67. The molecular formula is C18H26N2. The van der Waals surface area contributed by atoms with Gasteiger partial charge in [0.2, 0.25) is 0 Å². The monoisotopic (exact) mass is 270 g/mol. The van der Waals surface area contributed by atoms with Crippen LogP contribution in [-0.2, 0) is 6.42 Å². The molecule has 2 fully saturated rings. The van der Waals surface area contributed by atoms with Crippen molar-refractivity contribution in [2.45, 2.75) is 57.4 Å². The lowest BCUT2D eigenvalue weighted by molar-refractivity contribution is 0.367. The molecule has 20 heavy (non-hydrogen) atoms. The van der Waals surface area contributed by atoms with E-state index < -0.39 is 0 Å². The number of fused-ring (bicyclic) bond motifs is 2. The van der Waals surface area contributed by atoms with Crippen molar-refractivity contribution < 1.29 is 0 Å². The molecule has 3 aliphatic rings. The van der Waals surface area contributed by atoms with Crippen LogP contribution in [0.5, 0.6) is 0 Å². The Morgan fingerprint density at radius 1 is 1.25 bits per heavy atom. The molecular weight excluding hydrogens is 244 g/mol. The third-order valence-electron chi connectivity index (χ3n) is 6.01. The molecule has 3 aliphatic carbocycles. The van der Waals surface area contributed by atoms with Crippen molar-refractivity contribution in [3.8, 4) is 0 Å². The molecule has 0 radical (unpaired) electrons. The molecule has 1 heterocycles. The molecule has 4 atom stereocenters. The van der Waals surface area contributed by atoms with Crippen LogP contribution < -0.4 is 5.32 Å². The van der Waals surface area contributed by atoms with Crippen molar-refractivity contribution in [3.05, 3.63) is 29.6 Å².